The molecule has 2 atom stereocenters. The first-order valence-electron chi connectivity index (χ1n) is 7.54. The first kappa shape index (κ1) is 18.1. The number of aliphatic hydroxyl groups is 1. The fourth-order valence-corrected chi connectivity index (χ4v) is 2.93. The molecular formula is C17H27NO2S. The van der Waals surface area contributed by atoms with Crippen LogP contribution in [0.3, 0.4) is 0 Å². The third-order valence-electron chi connectivity index (χ3n) is 3.78. The molecule has 0 fully saturated rings. The van der Waals surface area contributed by atoms with Gasteiger partial charge in [0, 0.05) is 16.7 Å². The first-order valence-corrected chi connectivity index (χ1v) is 8.42. The highest BCUT2D eigenvalue weighted by molar-refractivity contribution is 8.00. The molecule has 0 aromatic heterocycles. The van der Waals surface area contributed by atoms with Gasteiger partial charge < -0.3 is 10.4 Å². The van der Waals surface area contributed by atoms with Gasteiger partial charge in [0.2, 0.25) is 0 Å². The predicted octanol–water partition coefficient (Wildman–Crippen LogP) is 3.71. The minimum absolute atomic E-state index is 0.123. The molecule has 0 saturated heterocycles. The van der Waals surface area contributed by atoms with E-state index in [1.165, 1.54) is 0 Å². The van der Waals surface area contributed by atoms with E-state index in [9.17, 15) is 9.90 Å². The number of hydrogen-bond donors (Lipinski definition) is 2. The molecule has 0 aliphatic carbocycles. The molecule has 0 radical (unpaired) electrons. The molecule has 0 heterocycles. The van der Waals surface area contributed by atoms with Gasteiger partial charge in [-0.1, -0.05) is 46.2 Å². The van der Waals surface area contributed by atoms with Crippen molar-refractivity contribution in [1.82, 2.24) is 5.32 Å². The summed E-state index contributed by atoms with van der Waals surface area (Å²) >= 11 is 1.67. The largest absolute Gasteiger partial charge is 0.388 e. The van der Waals surface area contributed by atoms with E-state index >= 15 is 0 Å². The fraction of sp³-hybridized carbons (Fsp3) is 0.588. The Balaban J connectivity index is 2.77. The minimum atomic E-state index is -0.884. The van der Waals surface area contributed by atoms with Gasteiger partial charge in [-0.05, 0) is 25.0 Å². The van der Waals surface area contributed by atoms with Gasteiger partial charge in [0.15, 0.2) is 0 Å². The molecule has 0 aliphatic rings. The molecule has 118 valence electrons. The number of amides is 1. The van der Waals surface area contributed by atoms with Crippen LogP contribution in [0.1, 0.15) is 51.4 Å². The molecule has 0 bridgehead atoms. The Morgan fingerprint density at radius 3 is 2.52 bits per heavy atom. The van der Waals surface area contributed by atoms with Crippen LogP contribution in [0.15, 0.2) is 29.2 Å². The van der Waals surface area contributed by atoms with Gasteiger partial charge in [-0.15, -0.1) is 11.8 Å². The van der Waals surface area contributed by atoms with E-state index in [0.29, 0.717) is 10.8 Å². The van der Waals surface area contributed by atoms with Gasteiger partial charge in [-0.2, -0.15) is 0 Å². The smallest absolute Gasteiger partial charge is 0.252 e. The van der Waals surface area contributed by atoms with Crippen LogP contribution >= 0.6 is 11.8 Å². The highest BCUT2D eigenvalue weighted by atomic mass is 32.2. The van der Waals surface area contributed by atoms with Gasteiger partial charge in [-0.25, -0.2) is 0 Å². The van der Waals surface area contributed by atoms with Crippen molar-refractivity contribution < 1.29 is 9.90 Å². The second-order valence-electron chi connectivity index (χ2n) is 6.01. The topological polar surface area (TPSA) is 49.3 Å². The van der Waals surface area contributed by atoms with Crippen LogP contribution in [0.2, 0.25) is 0 Å². The Bertz CT molecular complexity index is 472. The zero-order valence-electron chi connectivity index (χ0n) is 13.6. The lowest BCUT2D eigenvalue weighted by atomic mass is 9.88. The maximum atomic E-state index is 12.4. The van der Waals surface area contributed by atoms with E-state index in [2.05, 4.69) is 19.2 Å². The maximum absolute atomic E-state index is 12.4. The quantitative estimate of drug-likeness (QED) is 0.755. The molecule has 0 saturated carbocycles. The summed E-state index contributed by atoms with van der Waals surface area (Å²) in [6, 6.07) is 7.60. The average Bonchev–Trinajstić information content (AvgIpc) is 2.43. The Hall–Kier alpha value is -1.00. The van der Waals surface area contributed by atoms with Gasteiger partial charge >= 0.3 is 0 Å². The van der Waals surface area contributed by atoms with E-state index in [1.54, 1.807) is 18.7 Å². The van der Waals surface area contributed by atoms with Crippen molar-refractivity contribution in [2.75, 3.05) is 6.54 Å². The standard InChI is InChI=1S/C17H27NO2S/c1-6-13(4)17(5,20)11-18-16(19)14-9-7-8-10-15(14)21-12(2)3/h7-10,12-13,20H,6,11H2,1-5H3,(H,18,19). The van der Waals surface area contributed by atoms with E-state index in [0.717, 1.165) is 11.3 Å². The van der Waals surface area contributed by atoms with Crippen molar-refractivity contribution in [3.8, 4) is 0 Å². The van der Waals surface area contributed by atoms with Crippen LogP contribution in [0.25, 0.3) is 0 Å². The van der Waals surface area contributed by atoms with E-state index in [1.807, 2.05) is 38.1 Å². The second kappa shape index (κ2) is 7.85. The lowest BCUT2D eigenvalue weighted by molar-refractivity contribution is 0.00590. The number of rotatable bonds is 7. The normalized spacial score (nSPS) is 15.6. The number of benzene rings is 1. The van der Waals surface area contributed by atoms with Crippen molar-refractivity contribution in [3.63, 3.8) is 0 Å². The third-order valence-corrected chi connectivity index (χ3v) is 4.86. The van der Waals surface area contributed by atoms with E-state index in [4.69, 9.17) is 0 Å². The molecule has 1 rings (SSSR count). The molecule has 3 nitrogen and oxygen atoms in total. The van der Waals surface area contributed by atoms with Crippen LogP contribution in [0.5, 0.6) is 0 Å². The summed E-state index contributed by atoms with van der Waals surface area (Å²) in [5.41, 5.74) is -0.207. The van der Waals surface area contributed by atoms with E-state index in [-0.39, 0.29) is 18.4 Å². The van der Waals surface area contributed by atoms with Gasteiger partial charge in [0.05, 0.1) is 11.2 Å². The Labute approximate surface area is 132 Å². The van der Waals surface area contributed by atoms with E-state index < -0.39 is 5.60 Å². The summed E-state index contributed by atoms with van der Waals surface area (Å²) in [4.78, 5) is 13.3. The molecule has 2 N–H and O–H groups in total. The average molecular weight is 309 g/mol. The van der Waals surface area contributed by atoms with Crippen LogP contribution in [-0.2, 0) is 0 Å². The van der Waals surface area contributed by atoms with Crippen molar-refractivity contribution in [1.29, 1.82) is 0 Å². The highest BCUT2D eigenvalue weighted by Crippen LogP contribution is 2.26. The molecule has 1 aromatic carbocycles. The number of hydrogen-bond acceptors (Lipinski definition) is 3. The lowest BCUT2D eigenvalue weighted by Gasteiger charge is -2.29. The summed E-state index contributed by atoms with van der Waals surface area (Å²) < 4.78 is 0. The van der Waals surface area contributed by atoms with Gasteiger partial charge in [-0.3, -0.25) is 4.79 Å². The fourth-order valence-electron chi connectivity index (χ4n) is 1.98. The Kier molecular flexibility index (Phi) is 6.75. The van der Waals surface area contributed by atoms with Crippen LogP contribution in [0, 0.1) is 5.92 Å². The molecule has 0 spiro atoms. The summed E-state index contributed by atoms with van der Waals surface area (Å²) in [5, 5.41) is 13.7. The second-order valence-corrected chi connectivity index (χ2v) is 7.63. The van der Waals surface area contributed by atoms with Crippen molar-refractivity contribution >= 4 is 17.7 Å². The number of carbonyl (C=O) groups excluding carboxylic acids is 1. The number of thioether (sulfide) groups is 1. The Morgan fingerprint density at radius 1 is 1.33 bits per heavy atom. The number of carbonyl (C=O) groups is 1. The Morgan fingerprint density at radius 2 is 1.95 bits per heavy atom. The maximum Gasteiger partial charge on any atom is 0.252 e. The number of nitrogens with one attached hydrogen (secondary N) is 1. The molecule has 2 unspecified atom stereocenters. The predicted molar refractivity (Wildman–Crippen MR) is 89.8 cm³/mol. The summed E-state index contributed by atoms with van der Waals surface area (Å²) in [7, 11) is 0. The minimum Gasteiger partial charge on any atom is -0.388 e. The SMILES string of the molecule is CCC(C)C(C)(O)CNC(=O)c1ccccc1SC(C)C. The summed E-state index contributed by atoms with van der Waals surface area (Å²) in [5.74, 6) is 0.0143. The van der Waals surface area contributed by atoms with Crippen LogP contribution < -0.4 is 5.32 Å². The van der Waals surface area contributed by atoms with Crippen molar-refractivity contribution in [3.05, 3.63) is 29.8 Å². The molecule has 4 heteroatoms. The molecule has 0 aliphatic heterocycles. The van der Waals surface area contributed by atoms with Crippen molar-refractivity contribution in [2.45, 2.75) is 56.8 Å². The van der Waals surface area contributed by atoms with Crippen LogP contribution in [0.4, 0.5) is 0 Å². The molecule has 1 amide bonds. The molecule has 1 aromatic rings. The summed E-state index contributed by atoms with van der Waals surface area (Å²) in [6.07, 6.45) is 0.878. The van der Waals surface area contributed by atoms with Gasteiger partial charge in [0.25, 0.3) is 5.91 Å². The first-order chi connectivity index (χ1) is 9.77. The lowest BCUT2D eigenvalue weighted by Crippen LogP contribution is -2.45. The van der Waals surface area contributed by atoms with Crippen LogP contribution in [-0.4, -0.2) is 28.4 Å². The zero-order chi connectivity index (χ0) is 16.0. The zero-order valence-corrected chi connectivity index (χ0v) is 14.5. The third kappa shape index (κ3) is 5.36. The van der Waals surface area contributed by atoms with Crippen molar-refractivity contribution in [2.24, 2.45) is 5.92 Å². The summed E-state index contributed by atoms with van der Waals surface area (Å²) in [6.45, 7) is 10.3. The van der Waals surface area contributed by atoms with Gasteiger partial charge in [0.1, 0.15) is 0 Å². The monoisotopic (exact) mass is 309 g/mol. The highest BCUT2D eigenvalue weighted by Gasteiger charge is 2.27. The molecule has 21 heavy (non-hydrogen) atoms. The molecular weight excluding hydrogens is 282 g/mol.